The number of pyridine rings is 1. The monoisotopic (exact) mass is 326 g/mol. The van der Waals surface area contributed by atoms with Gasteiger partial charge in [-0.25, -0.2) is 4.98 Å². The Morgan fingerprint density at radius 2 is 1.28 bits per heavy atom. The van der Waals surface area contributed by atoms with Crippen LogP contribution < -0.4 is 4.90 Å². The average Bonchev–Trinajstić information content (AvgIpc) is 2.71. The summed E-state index contributed by atoms with van der Waals surface area (Å²) in [5.74, 6) is 0.911. The molecule has 1 heterocycles. The minimum Gasteiger partial charge on any atom is -0.295 e. The van der Waals surface area contributed by atoms with Crippen molar-refractivity contribution in [2.45, 2.75) is 13.8 Å². The number of benzene rings is 3. The van der Waals surface area contributed by atoms with Crippen LogP contribution in [-0.4, -0.2) is 4.98 Å². The van der Waals surface area contributed by atoms with Crippen molar-refractivity contribution in [3.63, 3.8) is 0 Å². The molecule has 25 heavy (non-hydrogen) atoms. The lowest BCUT2D eigenvalue weighted by Gasteiger charge is -2.24. The Hall–Kier alpha value is -3.13. The third-order valence-corrected chi connectivity index (χ3v) is 3.88. The van der Waals surface area contributed by atoms with Crippen LogP contribution in [0, 0.1) is 0 Å². The standard InChI is InChI=1S/C21H16N2.C2H6/c1-2-10-19(11-3-1)23(21-12-6-7-15-22-21)20-14-13-17-8-4-5-9-18(17)16-20;1-2/h1-16H;1-2H3. The van der Waals surface area contributed by atoms with Gasteiger partial charge in [-0.15, -0.1) is 0 Å². The number of anilines is 3. The first-order valence-electron chi connectivity index (χ1n) is 8.67. The van der Waals surface area contributed by atoms with Gasteiger partial charge >= 0.3 is 0 Å². The van der Waals surface area contributed by atoms with Crippen LogP contribution in [0.25, 0.3) is 10.8 Å². The second kappa shape index (κ2) is 8.11. The maximum Gasteiger partial charge on any atom is 0.137 e. The first-order chi connectivity index (χ1) is 12.4. The minimum atomic E-state index is 0.911. The molecular weight excluding hydrogens is 304 g/mol. The van der Waals surface area contributed by atoms with Crippen molar-refractivity contribution in [2.75, 3.05) is 4.90 Å². The molecule has 4 aromatic rings. The van der Waals surface area contributed by atoms with Crippen molar-refractivity contribution in [1.29, 1.82) is 0 Å². The molecule has 0 N–H and O–H groups in total. The van der Waals surface area contributed by atoms with Gasteiger partial charge in [-0.3, -0.25) is 4.90 Å². The number of rotatable bonds is 3. The Balaban J connectivity index is 0.000000880. The van der Waals surface area contributed by atoms with E-state index in [9.17, 15) is 0 Å². The van der Waals surface area contributed by atoms with Crippen LogP contribution in [-0.2, 0) is 0 Å². The lowest BCUT2D eigenvalue weighted by Crippen LogP contribution is -2.11. The van der Waals surface area contributed by atoms with E-state index >= 15 is 0 Å². The van der Waals surface area contributed by atoms with Crippen molar-refractivity contribution >= 4 is 28.0 Å². The molecule has 1 aromatic heterocycles. The maximum atomic E-state index is 4.54. The van der Waals surface area contributed by atoms with Gasteiger partial charge in [-0.1, -0.05) is 68.4 Å². The summed E-state index contributed by atoms with van der Waals surface area (Å²) in [4.78, 5) is 6.71. The molecule has 0 radical (unpaired) electrons. The van der Waals surface area contributed by atoms with E-state index in [0.29, 0.717) is 0 Å². The molecule has 0 saturated heterocycles. The van der Waals surface area contributed by atoms with Gasteiger partial charge in [0.25, 0.3) is 0 Å². The van der Waals surface area contributed by atoms with Gasteiger partial charge in [-0.2, -0.15) is 0 Å². The molecule has 124 valence electrons. The fraction of sp³-hybridized carbons (Fsp3) is 0.0870. The fourth-order valence-corrected chi connectivity index (χ4v) is 2.79. The SMILES string of the molecule is CC.c1ccc(N(c2ccc3ccccc3c2)c2ccccn2)cc1. The smallest absolute Gasteiger partial charge is 0.137 e. The quantitative estimate of drug-likeness (QED) is 0.415. The van der Waals surface area contributed by atoms with E-state index in [1.807, 2.05) is 56.4 Å². The molecule has 0 saturated carbocycles. The molecular formula is C23H22N2. The molecule has 3 aromatic carbocycles. The second-order valence-corrected chi connectivity index (χ2v) is 5.39. The van der Waals surface area contributed by atoms with Crippen LogP contribution >= 0.6 is 0 Å². The number of hydrogen-bond acceptors (Lipinski definition) is 2. The number of nitrogens with zero attached hydrogens (tertiary/aromatic N) is 2. The van der Waals surface area contributed by atoms with Crippen molar-refractivity contribution < 1.29 is 0 Å². The van der Waals surface area contributed by atoms with E-state index in [2.05, 4.69) is 64.5 Å². The molecule has 0 aliphatic rings. The lowest BCUT2D eigenvalue weighted by atomic mass is 10.1. The topological polar surface area (TPSA) is 16.1 Å². The average molecular weight is 326 g/mol. The van der Waals surface area contributed by atoms with Gasteiger partial charge in [0.2, 0.25) is 0 Å². The first kappa shape index (κ1) is 16.7. The van der Waals surface area contributed by atoms with Gasteiger partial charge in [0, 0.05) is 17.6 Å². The molecule has 0 aliphatic carbocycles. The predicted octanol–water partition coefficient (Wildman–Crippen LogP) is 6.73. The Kier molecular flexibility index (Phi) is 5.43. The van der Waals surface area contributed by atoms with E-state index in [4.69, 9.17) is 0 Å². The van der Waals surface area contributed by atoms with Gasteiger partial charge in [0.1, 0.15) is 5.82 Å². The largest absolute Gasteiger partial charge is 0.295 e. The number of hydrogen-bond donors (Lipinski definition) is 0. The zero-order valence-electron chi connectivity index (χ0n) is 14.6. The zero-order chi connectivity index (χ0) is 17.5. The van der Waals surface area contributed by atoms with Gasteiger partial charge < -0.3 is 0 Å². The van der Waals surface area contributed by atoms with E-state index < -0.39 is 0 Å². The second-order valence-electron chi connectivity index (χ2n) is 5.39. The molecule has 4 rings (SSSR count). The number of para-hydroxylation sites is 1. The van der Waals surface area contributed by atoms with Crippen LogP contribution in [0.3, 0.4) is 0 Å². The summed E-state index contributed by atoms with van der Waals surface area (Å²) in [7, 11) is 0. The van der Waals surface area contributed by atoms with Crippen LogP contribution in [0.15, 0.2) is 97.2 Å². The van der Waals surface area contributed by atoms with Crippen molar-refractivity contribution in [2.24, 2.45) is 0 Å². The third-order valence-electron chi connectivity index (χ3n) is 3.88. The number of fused-ring (bicyclic) bond motifs is 1. The van der Waals surface area contributed by atoms with E-state index in [-0.39, 0.29) is 0 Å². The van der Waals surface area contributed by atoms with Crippen LogP contribution in [0.1, 0.15) is 13.8 Å². The molecule has 0 aliphatic heterocycles. The summed E-state index contributed by atoms with van der Waals surface area (Å²) in [6, 6.07) is 31.2. The Morgan fingerprint density at radius 3 is 2.00 bits per heavy atom. The summed E-state index contributed by atoms with van der Waals surface area (Å²) in [6.07, 6.45) is 1.83. The lowest BCUT2D eigenvalue weighted by molar-refractivity contribution is 1.18. The highest BCUT2D eigenvalue weighted by molar-refractivity contribution is 5.88. The summed E-state index contributed by atoms with van der Waals surface area (Å²) in [6.45, 7) is 4.00. The highest BCUT2D eigenvalue weighted by Gasteiger charge is 2.13. The number of aromatic nitrogens is 1. The van der Waals surface area contributed by atoms with Gasteiger partial charge in [0.05, 0.1) is 0 Å². The highest BCUT2D eigenvalue weighted by Crippen LogP contribution is 2.34. The minimum absolute atomic E-state index is 0.911. The van der Waals surface area contributed by atoms with Gasteiger partial charge in [0.15, 0.2) is 0 Å². The van der Waals surface area contributed by atoms with Gasteiger partial charge in [-0.05, 0) is 47.2 Å². The Morgan fingerprint density at radius 1 is 0.600 bits per heavy atom. The highest BCUT2D eigenvalue weighted by atomic mass is 15.2. The third kappa shape index (κ3) is 3.69. The summed E-state index contributed by atoms with van der Waals surface area (Å²) in [5, 5.41) is 2.46. The van der Waals surface area contributed by atoms with Crippen LogP contribution in [0.2, 0.25) is 0 Å². The molecule has 2 nitrogen and oxygen atoms in total. The van der Waals surface area contributed by atoms with Crippen LogP contribution in [0.5, 0.6) is 0 Å². The molecule has 2 heteroatoms. The van der Waals surface area contributed by atoms with E-state index in [1.54, 1.807) is 0 Å². The molecule has 0 spiro atoms. The molecule has 0 atom stereocenters. The first-order valence-corrected chi connectivity index (χ1v) is 8.67. The molecule has 0 amide bonds. The maximum absolute atomic E-state index is 4.54. The fourth-order valence-electron chi connectivity index (χ4n) is 2.79. The molecule has 0 unspecified atom stereocenters. The Labute approximate surface area is 149 Å². The van der Waals surface area contributed by atoms with E-state index in [0.717, 1.165) is 17.2 Å². The van der Waals surface area contributed by atoms with Crippen LogP contribution in [0.4, 0.5) is 17.2 Å². The Bertz CT molecular complexity index is 878. The van der Waals surface area contributed by atoms with Crippen molar-refractivity contribution in [1.82, 2.24) is 4.98 Å². The molecule has 0 bridgehead atoms. The summed E-state index contributed by atoms with van der Waals surface area (Å²) in [5.41, 5.74) is 2.20. The van der Waals surface area contributed by atoms with Crippen molar-refractivity contribution in [3.05, 3.63) is 97.2 Å². The normalized spacial score (nSPS) is 10.0. The van der Waals surface area contributed by atoms with Crippen molar-refractivity contribution in [3.8, 4) is 0 Å². The molecule has 0 fully saturated rings. The summed E-state index contributed by atoms with van der Waals surface area (Å²) < 4.78 is 0. The predicted molar refractivity (Wildman–Crippen MR) is 108 cm³/mol. The van der Waals surface area contributed by atoms with E-state index in [1.165, 1.54) is 10.8 Å². The summed E-state index contributed by atoms with van der Waals surface area (Å²) >= 11 is 0. The zero-order valence-corrected chi connectivity index (χ0v) is 14.6.